The average molecular weight is 419 g/mol. The van der Waals surface area contributed by atoms with Gasteiger partial charge in [-0.25, -0.2) is 5.06 Å². The fraction of sp³-hybridized carbons (Fsp3) is 0.500. The van der Waals surface area contributed by atoms with Gasteiger partial charge in [-0.15, -0.1) is 0 Å². The molecule has 2 aliphatic rings. The molecule has 1 saturated heterocycles. The topological polar surface area (TPSA) is 15.7 Å². The van der Waals surface area contributed by atoms with Gasteiger partial charge in [-0.1, -0.05) is 83.0 Å². The van der Waals surface area contributed by atoms with Gasteiger partial charge < -0.3 is 4.90 Å². The number of hydrogen-bond donors (Lipinski definition) is 0. The summed E-state index contributed by atoms with van der Waals surface area (Å²) in [5.74, 6) is 0. The Balaban J connectivity index is 1.44. The predicted molar refractivity (Wildman–Crippen MR) is 133 cm³/mol. The molecule has 0 saturated carbocycles. The summed E-state index contributed by atoms with van der Waals surface area (Å²) < 4.78 is 0. The van der Waals surface area contributed by atoms with Crippen LogP contribution in [-0.4, -0.2) is 25.2 Å². The molecule has 0 aliphatic carbocycles. The quantitative estimate of drug-likeness (QED) is 0.441. The van der Waals surface area contributed by atoms with E-state index in [-0.39, 0.29) is 11.5 Å². The Hall–Kier alpha value is -2.26. The molecule has 2 unspecified atom stereocenters. The average Bonchev–Trinajstić information content (AvgIpc) is 3.27. The summed E-state index contributed by atoms with van der Waals surface area (Å²) in [6.07, 6.45) is 10.6. The number of nitrogens with zero attached hydrogens (tertiary/aromatic N) is 2. The summed E-state index contributed by atoms with van der Waals surface area (Å²) in [5.41, 5.74) is 5.27. The molecule has 166 valence electrons. The third-order valence-electron chi connectivity index (χ3n) is 7.03. The van der Waals surface area contributed by atoms with Gasteiger partial charge in [-0.3, -0.25) is 4.84 Å². The monoisotopic (exact) mass is 418 g/mol. The molecule has 3 nitrogen and oxygen atoms in total. The highest BCUT2D eigenvalue weighted by molar-refractivity contribution is 5.60. The van der Waals surface area contributed by atoms with Crippen molar-refractivity contribution in [1.29, 1.82) is 0 Å². The van der Waals surface area contributed by atoms with Gasteiger partial charge in [0.25, 0.3) is 0 Å². The number of anilines is 2. The lowest BCUT2D eigenvalue weighted by molar-refractivity contribution is 0.0849. The van der Waals surface area contributed by atoms with E-state index >= 15 is 0 Å². The van der Waals surface area contributed by atoms with Crippen LogP contribution in [0.15, 0.2) is 54.6 Å². The van der Waals surface area contributed by atoms with E-state index < -0.39 is 0 Å². The zero-order valence-electron chi connectivity index (χ0n) is 19.7. The summed E-state index contributed by atoms with van der Waals surface area (Å²) >= 11 is 0. The summed E-state index contributed by atoms with van der Waals surface area (Å²) in [4.78, 5) is 8.97. The van der Waals surface area contributed by atoms with Gasteiger partial charge in [-0.2, -0.15) is 0 Å². The second kappa shape index (κ2) is 9.48. The van der Waals surface area contributed by atoms with E-state index in [0.717, 1.165) is 19.5 Å². The highest BCUT2D eigenvalue weighted by Gasteiger charge is 2.52. The van der Waals surface area contributed by atoms with E-state index in [1.165, 1.54) is 48.2 Å². The summed E-state index contributed by atoms with van der Waals surface area (Å²) in [6, 6.07) is 18.1. The van der Waals surface area contributed by atoms with Crippen LogP contribution in [0.2, 0.25) is 0 Å². The number of hydrogen-bond acceptors (Lipinski definition) is 3. The van der Waals surface area contributed by atoms with Gasteiger partial charge in [0.15, 0.2) is 0 Å². The molecule has 2 aliphatic heterocycles. The van der Waals surface area contributed by atoms with Gasteiger partial charge in [-0.05, 0) is 48.6 Å². The van der Waals surface area contributed by atoms with Crippen molar-refractivity contribution >= 4 is 17.5 Å². The number of benzene rings is 2. The summed E-state index contributed by atoms with van der Waals surface area (Å²) in [7, 11) is 0. The summed E-state index contributed by atoms with van der Waals surface area (Å²) in [5, 5.41) is 2.16. The van der Waals surface area contributed by atoms with Gasteiger partial charge in [0.1, 0.15) is 6.10 Å². The molecule has 3 heteroatoms. The molecule has 31 heavy (non-hydrogen) atoms. The second-order valence-electron chi connectivity index (χ2n) is 9.67. The van der Waals surface area contributed by atoms with E-state index in [1.807, 2.05) is 0 Å². The Morgan fingerprint density at radius 2 is 1.68 bits per heavy atom. The Morgan fingerprint density at radius 1 is 1.00 bits per heavy atom. The molecule has 0 N–H and O–H groups in total. The molecule has 2 aromatic rings. The van der Waals surface area contributed by atoms with Crippen LogP contribution in [0.25, 0.3) is 6.08 Å². The molecule has 4 rings (SSSR count). The highest BCUT2D eigenvalue weighted by Crippen LogP contribution is 2.48. The van der Waals surface area contributed by atoms with Crippen LogP contribution < -0.4 is 9.96 Å². The van der Waals surface area contributed by atoms with Crippen LogP contribution in [0.3, 0.4) is 0 Å². The van der Waals surface area contributed by atoms with Crippen LogP contribution in [0, 0.1) is 5.41 Å². The molecular weight excluding hydrogens is 380 g/mol. The molecule has 2 atom stereocenters. The van der Waals surface area contributed by atoms with Crippen molar-refractivity contribution in [2.45, 2.75) is 71.9 Å². The Morgan fingerprint density at radius 3 is 2.35 bits per heavy atom. The first kappa shape index (κ1) is 22.0. The van der Waals surface area contributed by atoms with Gasteiger partial charge in [0.2, 0.25) is 0 Å². The fourth-order valence-corrected chi connectivity index (χ4v) is 4.85. The zero-order chi connectivity index (χ0) is 21.8. The number of para-hydroxylation sites is 1. The molecule has 0 radical (unpaired) electrons. The molecular formula is C28H38N2O. The molecule has 2 aromatic carbocycles. The molecule has 2 heterocycles. The van der Waals surface area contributed by atoms with E-state index in [2.05, 4.69) is 98.3 Å². The Labute approximate surface area is 188 Å². The van der Waals surface area contributed by atoms with Crippen LogP contribution in [-0.2, 0) is 11.3 Å². The number of fused-ring (bicyclic) bond motifs is 3. The fourth-order valence-electron chi connectivity index (χ4n) is 4.85. The molecule has 0 bridgehead atoms. The lowest BCUT2D eigenvalue weighted by Gasteiger charge is -2.26. The van der Waals surface area contributed by atoms with Crippen molar-refractivity contribution < 1.29 is 4.84 Å². The van der Waals surface area contributed by atoms with Crippen molar-refractivity contribution in [3.05, 3.63) is 65.7 Å². The SMILES string of the molecule is CCCCN(CCCC)c1ccc(C=CC2ON3c4ccccc4CC3C2(C)C)cc1. The van der Waals surface area contributed by atoms with Crippen LogP contribution in [0.5, 0.6) is 0 Å². The minimum atomic E-state index is 0.0621. The smallest absolute Gasteiger partial charge is 0.111 e. The predicted octanol–water partition coefficient (Wildman–Crippen LogP) is 6.88. The molecule has 0 amide bonds. The molecule has 1 fully saturated rings. The first-order valence-electron chi connectivity index (χ1n) is 12.1. The number of unbranched alkanes of at least 4 members (excludes halogenated alkanes) is 2. The Kier molecular flexibility index (Phi) is 6.71. The van der Waals surface area contributed by atoms with E-state index in [4.69, 9.17) is 4.84 Å². The lowest BCUT2D eigenvalue weighted by Crippen LogP contribution is -2.36. The minimum absolute atomic E-state index is 0.0621. The Bertz CT molecular complexity index is 878. The zero-order valence-corrected chi connectivity index (χ0v) is 19.7. The molecule has 0 aromatic heterocycles. The molecule has 0 spiro atoms. The maximum absolute atomic E-state index is 6.44. The van der Waals surface area contributed by atoms with E-state index in [9.17, 15) is 0 Å². The normalized spacial score (nSPS) is 21.5. The second-order valence-corrected chi connectivity index (χ2v) is 9.67. The maximum atomic E-state index is 6.44. The largest absolute Gasteiger partial charge is 0.372 e. The maximum Gasteiger partial charge on any atom is 0.111 e. The van der Waals surface area contributed by atoms with Crippen LogP contribution >= 0.6 is 0 Å². The summed E-state index contributed by atoms with van der Waals surface area (Å²) in [6.45, 7) is 11.5. The van der Waals surface area contributed by atoms with Crippen molar-refractivity contribution in [1.82, 2.24) is 0 Å². The first-order valence-corrected chi connectivity index (χ1v) is 12.1. The van der Waals surface area contributed by atoms with Crippen molar-refractivity contribution in [2.75, 3.05) is 23.1 Å². The first-order chi connectivity index (χ1) is 15.0. The van der Waals surface area contributed by atoms with Crippen LogP contribution in [0.4, 0.5) is 11.4 Å². The highest BCUT2D eigenvalue weighted by atomic mass is 16.7. The van der Waals surface area contributed by atoms with Crippen molar-refractivity contribution in [3.63, 3.8) is 0 Å². The third-order valence-corrected chi connectivity index (χ3v) is 7.03. The standard InChI is InChI=1S/C28H38N2O/c1-5-7-19-29(20-8-6-2)24-16-13-22(14-17-24)15-18-27-28(3,4)26-21-23-11-9-10-12-25(23)30(26)31-27/h9-18,26-27H,5-8,19-21H2,1-4H3. The minimum Gasteiger partial charge on any atom is -0.372 e. The van der Waals surface area contributed by atoms with E-state index in [1.54, 1.807) is 0 Å². The van der Waals surface area contributed by atoms with Gasteiger partial charge in [0.05, 0.1) is 11.7 Å². The van der Waals surface area contributed by atoms with E-state index in [0.29, 0.717) is 6.04 Å². The number of rotatable bonds is 9. The van der Waals surface area contributed by atoms with Crippen LogP contribution in [0.1, 0.15) is 64.5 Å². The van der Waals surface area contributed by atoms with Crippen molar-refractivity contribution in [2.24, 2.45) is 5.41 Å². The van der Waals surface area contributed by atoms with Gasteiger partial charge in [0, 0.05) is 24.2 Å². The van der Waals surface area contributed by atoms with Gasteiger partial charge >= 0.3 is 0 Å². The number of hydroxylamine groups is 1. The lowest BCUT2D eigenvalue weighted by atomic mass is 9.78. The third kappa shape index (κ3) is 4.52. The van der Waals surface area contributed by atoms with Crippen molar-refractivity contribution in [3.8, 4) is 0 Å².